The molecule has 1 fully saturated rings. The Kier molecular flexibility index (Phi) is 6.14. The maximum absolute atomic E-state index is 12.7. The number of amides is 2. The highest BCUT2D eigenvalue weighted by atomic mass is 35.5. The first-order chi connectivity index (χ1) is 16.4. The average Bonchev–Trinajstić information content (AvgIpc) is 3.46. The zero-order chi connectivity index (χ0) is 23.8. The molecule has 174 valence electrons. The van der Waals surface area contributed by atoms with Gasteiger partial charge >= 0.3 is 0 Å². The van der Waals surface area contributed by atoms with Gasteiger partial charge in [-0.15, -0.1) is 0 Å². The summed E-state index contributed by atoms with van der Waals surface area (Å²) in [5, 5.41) is 15.7. The van der Waals surface area contributed by atoms with E-state index in [0.29, 0.717) is 26.8 Å². The van der Waals surface area contributed by atoms with Crippen LogP contribution in [-0.2, 0) is 9.59 Å². The van der Waals surface area contributed by atoms with Crippen molar-refractivity contribution < 1.29 is 14.0 Å². The summed E-state index contributed by atoms with van der Waals surface area (Å²) < 4.78 is 5.87. The number of nitrogens with one attached hydrogen (secondary N) is 1. The van der Waals surface area contributed by atoms with Gasteiger partial charge in [0.25, 0.3) is 5.91 Å². The number of aliphatic imine (C=N–C) groups is 1. The maximum atomic E-state index is 12.7. The van der Waals surface area contributed by atoms with Crippen LogP contribution in [0.1, 0.15) is 37.0 Å². The van der Waals surface area contributed by atoms with Gasteiger partial charge < -0.3 is 9.32 Å². The van der Waals surface area contributed by atoms with E-state index in [1.54, 1.807) is 12.1 Å². The van der Waals surface area contributed by atoms with Crippen LogP contribution in [0.5, 0.6) is 0 Å². The Balaban J connectivity index is 1.33. The van der Waals surface area contributed by atoms with Crippen molar-refractivity contribution in [2.75, 3.05) is 13.1 Å². The Hall–Kier alpha value is -3.17. The van der Waals surface area contributed by atoms with E-state index < -0.39 is 5.91 Å². The van der Waals surface area contributed by atoms with Crippen LogP contribution < -0.4 is 0 Å². The standard InChI is InChI=1S/C24H22ClN5O3S/c1-14-5-6-15(11-18(14)25)19-8-7-16(33-19)12-17-22(26)30-24(27-23(17)32)34-20(28-30)13-21(31)29-9-3-2-4-10-29/h5-8,11-12,26H,2-4,9-10,13H2,1H3/b17-12-,26-22?. The monoisotopic (exact) mass is 495 g/mol. The van der Waals surface area contributed by atoms with Gasteiger partial charge in [-0.2, -0.15) is 15.1 Å². The number of piperidine rings is 1. The normalized spacial score (nSPS) is 19.4. The van der Waals surface area contributed by atoms with Gasteiger partial charge in [0, 0.05) is 23.7 Å². The molecule has 0 aliphatic carbocycles. The van der Waals surface area contributed by atoms with Gasteiger partial charge in [0.05, 0.1) is 12.0 Å². The molecule has 1 N–H and O–H groups in total. The fourth-order valence-electron chi connectivity index (χ4n) is 3.96. The number of hydrogen-bond acceptors (Lipinski definition) is 6. The molecule has 0 unspecified atom stereocenters. The Bertz CT molecular complexity index is 1290. The van der Waals surface area contributed by atoms with Crippen LogP contribution in [0.3, 0.4) is 0 Å². The summed E-state index contributed by atoms with van der Waals surface area (Å²) in [6.07, 6.45) is 4.81. The number of rotatable bonds is 4. The smallest absolute Gasteiger partial charge is 0.283 e. The maximum Gasteiger partial charge on any atom is 0.283 e. The first kappa shape index (κ1) is 22.6. The number of nitrogens with zero attached hydrogens (tertiary/aromatic N) is 4. The summed E-state index contributed by atoms with van der Waals surface area (Å²) in [5.74, 6) is 0.383. The summed E-state index contributed by atoms with van der Waals surface area (Å²) in [5.41, 5.74) is 1.85. The summed E-state index contributed by atoms with van der Waals surface area (Å²) in [6, 6.07) is 9.14. The zero-order valence-corrected chi connectivity index (χ0v) is 20.1. The van der Waals surface area contributed by atoms with Crippen molar-refractivity contribution >= 4 is 57.3 Å². The molecule has 4 heterocycles. The van der Waals surface area contributed by atoms with Crippen LogP contribution in [0.15, 0.2) is 50.4 Å². The third kappa shape index (κ3) is 4.45. The van der Waals surface area contributed by atoms with Crippen molar-refractivity contribution in [1.29, 1.82) is 5.41 Å². The van der Waals surface area contributed by atoms with Crippen LogP contribution >= 0.6 is 23.4 Å². The van der Waals surface area contributed by atoms with E-state index in [4.69, 9.17) is 21.4 Å². The number of amidine groups is 2. The van der Waals surface area contributed by atoms with Gasteiger partial charge in [-0.1, -0.05) is 23.7 Å². The van der Waals surface area contributed by atoms with Gasteiger partial charge in [0.15, 0.2) is 5.84 Å². The number of hydrogen-bond donors (Lipinski definition) is 1. The number of carbonyl (C=O) groups is 2. The molecular weight excluding hydrogens is 474 g/mol. The van der Waals surface area contributed by atoms with Gasteiger partial charge in [0.1, 0.15) is 16.6 Å². The highest BCUT2D eigenvalue weighted by Gasteiger charge is 2.36. The van der Waals surface area contributed by atoms with Crippen LogP contribution in [-0.4, -0.2) is 50.9 Å². The quantitative estimate of drug-likeness (QED) is 0.606. The van der Waals surface area contributed by atoms with E-state index in [9.17, 15) is 9.59 Å². The molecule has 2 amide bonds. The fraction of sp³-hybridized carbons (Fsp3) is 0.292. The number of halogens is 1. The largest absolute Gasteiger partial charge is 0.457 e. The number of likely N-dealkylation sites (tertiary alicyclic amines) is 1. The lowest BCUT2D eigenvalue weighted by molar-refractivity contribution is -0.130. The first-order valence-corrected chi connectivity index (χ1v) is 12.2. The molecule has 0 atom stereocenters. The second-order valence-electron chi connectivity index (χ2n) is 8.30. The number of carbonyl (C=O) groups excluding carboxylic acids is 2. The molecule has 5 rings (SSSR count). The molecule has 10 heteroatoms. The Morgan fingerprint density at radius 3 is 2.79 bits per heavy atom. The molecule has 3 aliphatic rings. The van der Waals surface area contributed by atoms with Crippen LogP contribution in [0.2, 0.25) is 5.02 Å². The summed E-state index contributed by atoms with van der Waals surface area (Å²) >= 11 is 7.38. The summed E-state index contributed by atoms with van der Waals surface area (Å²) in [6.45, 7) is 3.46. The second-order valence-corrected chi connectivity index (χ2v) is 9.75. The molecule has 0 spiro atoms. The molecule has 8 nitrogen and oxygen atoms in total. The van der Waals surface area contributed by atoms with Crippen molar-refractivity contribution in [3.63, 3.8) is 0 Å². The molecular formula is C24H22ClN5O3S. The third-order valence-corrected chi connectivity index (χ3v) is 7.19. The van der Waals surface area contributed by atoms with Crippen molar-refractivity contribution in [3.05, 3.63) is 52.3 Å². The van der Waals surface area contributed by atoms with Crippen LogP contribution in [0, 0.1) is 12.3 Å². The Morgan fingerprint density at radius 1 is 1.24 bits per heavy atom. The lowest BCUT2D eigenvalue weighted by Gasteiger charge is -2.26. The third-order valence-electron chi connectivity index (χ3n) is 5.88. The SMILES string of the molecule is Cc1ccc(-c2ccc(/C=C3/C(=N)N4N=C(CC(=O)N5CCCCC5)SC4=NC3=O)o2)cc1Cl. The van der Waals surface area contributed by atoms with Gasteiger partial charge in [0.2, 0.25) is 11.1 Å². The second kappa shape index (κ2) is 9.23. The number of benzene rings is 1. The van der Waals surface area contributed by atoms with Crippen molar-refractivity contribution in [2.24, 2.45) is 10.1 Å². The van der Waals surface area contributed by atoms with Gasteiger partial charge in [-0.05, 0) is 67.8 Å². The highest BCUT2D eigenvalue weighted by Crippen LogP contribution is 2.31. The van der Waals surface area contributed by atoms with Crippen molar-refractivity contribution in [1.82, 2.24) is 9.91 Å². The van der Waals surface area contributed by atoms with E-state index >= 15 is 0 Å². The minimum Gasteiger partial charge on any atom is -0.457 e. The number of furan rings is 1. The van der Waals surface area contributed by atoms with E-state index in [1.807, 2.05) is 30.0 Å². The van der Waals surface area contributed by atoms with Crippen LogP contribution in [0.25, 0.3) is 17.4 Å². The molecule has 1 aromatic carbocycles. The average molecular weight is 496 g/mol. The topological polar surface area (TPSA) is 102 Å². The van der Waals surface area contributed by atoms with E-state index in [0.717, 1.165) is 55.2 Å². The lowest BCUT2D eigenvalue weighted by Crippen LogP contribution is -2.36. The van der Waals surface area contributed by atoms with Crippen LogP contribution in [0.4, 0.5) is 0 Å². The molecule has 0 saturated carbocycles. The van der Waals surface area contributed by atoms with Gasteiger partial charge in [-0.3, -0.25) is 15.0 Å². The number of aryl methyl sites for hydroxylation is 1. The molecule has 0 radical (unpaired) electrons. The molecule has 1 aromatic heterocycles. The molecule has 2 aromatic rings. The van der Waals surface area contributed by atoms with E-state index in [1.165, 1.54) is 11.1 Å². The van der Waals surface area contributed by atoms with Crippen molar-refractivity contribution in [3.8, 4) is 11.3 Å². The van der Waals surface area contributed by atoms with Crippen molar-refractivity contribution in [2.45, 2.75) is 32.6 Å². The summed E-state index contributed by atoms with van der Waals surface area (Å²) in [4.78, 5) is 31.2. The number of fused-ring (bicyclic) bond motifs is 1. The predicted octanol–water partition coefficient (Wildman–Crippen LogP) is 4.93. The zero-order valence-electron chi connectivity index (χ0n) is 18.5. The molecule has 34 heavy (non-hydrogen) atoms. The molecule has 1 saturated heterocycles. The Morgan fingerprint density at radius 2 is 2.03 bits per heavy atom. The number of thioether (sulfide) groups is 1. The molecule has 0 bridgehead atoms. The van der Waals surface area contributed by atoms with E-state index in [-0.39, 0.29) is 23.7 Å². The highest BCUT2D eigenvalue weighted by molar-refractivity contribution is 8.27. The lowest BCUT2D eigenvalue weighted by atomic mass is 10.1. The minimum absolute atomic E-state index is 0.0133. The molecule has 3 aliphatic heterocycles. The fourth-order valence-corrected chi connectivity index (χ4v) is 5.02. The Labute approximate surface area is 205 Å². The minimum atomic E-state index is -0.543. The van der Waals surface area contributed by atoms with Gasteiger partial charge in [-0.25, -0.2) is 0 Å². The number of hydrazone groups is 1. The predicted molar refractivity (Wildman–Crippen MR) is 134 cm³/mol. The summed E-state index contributed by atoms with van der Waals surface area (Å²) in [7, 11) is 0. The first-order valence-electron chi connectivity index (χ1n) is 11.0. The van der Waals surface area contributed by atoms with E-state index in [2.05, 4.69) is 10.1 Å².